The third-order valence-electron chi connectivity index (χ3n) is 10.9. The molecule has 258 valence electrons. The fraction of sp³-hybridized carbons (Fsp3) is 0. The van der Waals surface area contributed by atoms with Gasteiger partial charge in [0.15, 0.2) is 0 Å². The highest BCUT2D eigenvalue weighted by Crippen LogP contribution is 2.41. The average molecular weight is 704 g/mol. The highest BCUT2D eigenvalue weighted by molar-refractivity contribution is 6.12. The van der Waals surface area contributed by atoms with Gasteiger partial charge in [-0.15, -0.1) is 0 Å². The molecule has 11 aromatic rings. The fourth-order valence-corrected chi connectivity index (χ4v) is 8.15. The van der Waals surface area contributed by atoms with Gasteiger partial charge in [-0.3, -0.25) is 0 Å². The lowest BCUT2D eigenvalue weighted by atomic mass is 9.98. The van der Waals surface area contributed by atoms with Crippen molar-refractivity contribution >= 4 is 71.7 Å². The molecule has 2 heterocycles. The van der Waals surface area contributed by atoms with E-state index < -0.39 is 0 Å². The lowest BCUT2D eigenvalue weighted by Gasteiger charge is -2.26. The van der Waals surface area contributed by atoms with Crippen molar-refractivity contribution in [3.63, 3.8) is 0 Å². The standard InChI is InChI=1S/C52H33NO2/c1-2-10-37-31-39(20-19-34(37)9-1)35-21-26-41(27-22-35)53(42-28-23-36(24-29-42)44-15-8-18-51-52(44)46-14-4-6-17-49(46)55-51)43-12-7-11-38(32-43)40-25-30-50-47(33-40)45-13-3-5-16-48(45)54-50/h1-33H. The summed E-state index contributed by atoms with van der Waals surface area (Å²) >= 11 is 0. The van der Waals surface area contributed by atoms with E-state index in [9.17, 15) is 0 Å². The van der Waals surface area contributed by atoms with E-state index >= 15 is 0 Å². The van der Waals surface area contributed by atoms with E-state index in [4.69, 9.17) is 8.83 Å². The first kappa shape index (κ1) is 31.2. The molecule has 3 nitrogen and oxygen atoms in total. The minimum absolute atomic E-state index is 0.897. The van der Waals surface area contributed by atoms with E-state index in [0.29, 0.717) is 0 Å². The van der Waals surface area contributed by atoms with Crippen molar-refractivity contribution in [2.24, 2.45) is 0 Å². The predicted octanol–water partition coefficient (Wildman–Crippen LogP) is 15.1. The first-order valence-electron chi connectivity index (χ1n) is 18.7. The molecule has 0 saturated carbocycles. The molecule has 0 unspecified atom stereocenters. The molecule has 0 aliphatic rings. The number of anilines is 3. The Balaban J connectivity index is 1.02. The van der Waals surface area contributed by atoms with Crippen molar-refractivity contribution in [3.8, 4) is 33.4 Å². The van der Waals surface area contributed by atoms with Crippen LogP contribution in [-0.4, -0.2) is 0 Å². The largest absolute Gasteiger partial charge is 0.456 e. The summed E-state index contributed by atoms with van der Waals surface area (Å²) in [5.41, 5.74) is 13.8. The first-order valence-corrected chi connectivity index (χ1v) is 18.7. The van der Waals surface area contributed by atoms with Crippen molar-refractivity contribution < 1.29 is 8.83 Å². The summed E-state index contributed by atoms with van der Waals surface area (Å²) in [4.78, 5) is 2.34. The van der Waals surface area contributed by atoms with Crippen molar-refractivity contribution in [2.45, 2.75) is 0 Å². The second kappa shape index (κ2) is 12.6. The van der Waals surface area contributed by atoms with E-state index in [1.54, 1.807) is 0 Å². The van der Waals surface area contributed by atoms with Crippen LogP contribution in [-0.2, 0) is 0 Å². The maximum atomic E-state index is 6.23. The molecule has 0 fully saturated rings. The van der Waals surface area contributed by atoms with Gasteiger partial charge in [-0.1, -0.05) is 127 Å². The minimum atomic E-state index is 0.897. The molecule has 0 amide bonds. The number of hydrogen-bond acceptors (Lipinski definition) is 3. The van der Waals surface area contributed by atoms with Crippen LogP contribution in [0.4, 0.5) is 17.1 Å². The summed E-state index contributed by atoms with van der Waals surface area (Å²) in [6.45, 7) is 0. The number of benzene rings is 9. The monoisotopic (exact) mass is 703 g/mol. The lowest BCUT2D eigenvalue weighted by Crippen LogP contribution is -2.10. The number of furan rings is 2. The van der Waals surface area contributed by atoms with Gasteiger partial charge in [0, 0.05) is 38.6 Å². The highest BCUT2D eigenvalue weighted by Gasteiger charge is 2.17. The zero-order valence-electron chi connectivity index (χ0n) is 29.8. The highest BCUT2D eigenvalue weighted by atomic mass is 16.3. The van der Waals surface area contributed by atoms with Crippen LogP contribution in [0.3, 0.4) is 0 Å². The van der Waals surface area contributed by atoms with Gasteiger partial charge < -0.3 is 13.7 Å². The molecular formula is C52H33NO2. The van der Waals surface area contributed by atoms with Crippen LogP contribution in [0.15, 0.2) is 209 Å². The molecule has 0 N–H and O–H groups in total. The molecule has 0 atom stereocenters. The Morgan fingerprint density at radius 1 is 0.291 bits per heavy atom. The van der Waals surface area contributed by atoms with Crippen LogP contribution in [0.1, 0.15) is 0 Å². The molecule has 0 bridgehead atoms. The van der Waals surface area contributed by atoms with Crippen LogP contribution in [0.5, 0.6) is 0 Å². The second-order valence-corrected chi connectivity index (χ2v) is 14.1. The Morgan fingerprint density at radius 3 is 1.67 bits per heavy atom. The number of rotatable bonds is 6. The summed E-state index contributed by atoms with van der Waals surface area (Å²) in [6, 6.07) is 71.2. The van der Waals surface area contributed by atoms with Gasteiger partial charge in [0.1, 0.15) is 22.3 Å². The average Bonchev–Trinajstić information content (AvgIpc) is 3.83. The molecule has 0 spiro atoms. The number of para-hydroxylation sites is 2. The zero-order valence-corrected chi connectivity index (χ0v) is 29.8. The number of fused-ring (bicyclic) bond motifs is 7. The first-order chi connectivity index (χ1) is 27.2. The van der Waals surface area contributed by atoms with Gasteiger partial charge in [0.25, 0.3) is 0 Å². The SMILES string of the molecule is c1cc(-c2ccc3oc4ccccc4c3c2)cc(N(c2ccc(-c3ccc4ccccc4c3)cc2)c2ccc(-c3cccc4oc5ccccc5c34)cc2)c1. The minimum Gasteiger partial charge on any atom is -0.456 e. The van der Waals surface area contributed by atoms with Gasteiger partial charge in [-0.2, -0.15) is 0 Å². The Kier molecular flexibility index (Phi) is 7.17. The molecule has 0 aliphatic heterocycles. The normalized spacial score (nSPS) is 11.6. The number of hydrogen-bond donors (Lipinski definition) is 0. The Hall–Kier alpha value is -7.36. The molecule has 0 saturated heterocycles. The summed E-state index contributed by atoms with van der Waals surface area (Å²) in [7, 11) is 0. The van der Waals surface area contributed by atoms with Crippen LogP contribution in [0, 0.1) is 0 Å². The van der Waals surface area contributed by atoms with Crippen LogP contribution in [0.25, 0.3) is 88.0 Å². The molecule has 11 rings (SSSR count). The fourth-order valence-electron chi connectivity index (χ4n) is 8.15. The summed E-state index contributed by atoms with van der Waals surface area (Å²) in [5, 5.41) is 7.00. The van der Waals surface area contributed by atoms with Gasteiger partial charge in [0.05, 0.1) is 0 Å². The Morgan fingerprint density at radius 2 is 0.855 bits per heavy atom. The summed E-state index contributed by atoms with van der Waals surface area (Å²) < 4.78 is 12.4. The van der Waals surface area contributed by atoms with E-state index in [2.05, 4.69) is 181 Å². The second-order valence-electron chi connectivity index (χ2n) is 14.1. The maximum Gasteiger partial charge on any atom is 0.136 e. The van der Waals surface area contributed by atoms with Crippen LogP contribution in [0.2, 0.25) is 0 Å². The lowest BCUT2D eigenvalue weighted by molar-refractivity contribution is 0.668. The van der Waals surface area contributed by atoms with Gasteiger partial charge in [-0.25, -0.2) is 0 Å². The zero-order chi connectivity index (χ0) is 36.3. The maximum absolute atomic E-state index is 6.23. The van der Waals surface area contributed by atoms with E-state index in [1.807, 2.05) is 24.3 Å². The molecule has 55 heavy (non-hydrogen) atoms. The quantitative estimate of drug-likeness (QED) is 0.173. The van der Waals surface area contributed by atoms with Crippen molar-refractivity contribution in [2.75, 3.05) is 4.90 Å². The van der Waals surface area contributed by atoms with Crippen molar-refractivity contribution in [1.29, 1.82) is 0 Å². The topological polar surface area (TPSA) is 29.5 Å². The Bertz CT molecular complexity index is 3200. The van der Waals surface area contributed by atoms with E-state index in [1.165, 1.54) is 21.9 Å². The van der Waals surface area contributed by atoms with Crippen LogP contribution >= 0.6 is 0 Å². The van der Waals surface area contributed by atoms with E-state index in [-0.39, 0.29) is 0 Å². The number of nitrogens with zero attached hydrogens (tertiary/aromatic N) is 1. The third-order valence-corrected chi connectivity index (χ3v) is 10.9. The predicted molar refractivity (Wildman–Crippen MR) is 229 cm³/mol. The van der Waals surface area contributed by atoms with Crippen LogP contribution < -0.4 is 4.90 Å². The molecule has 9 aromatic carbocycles. The van der Waals surface area contributed by atoms with E-state index in [0.717, 1.165) is 83.2 Å². The molecule has 0 radical (unpaired) electrons. The smallest absolute Gasteiger partial charge is 0.136 e. The van der Waals surface area contributed by atoms with Crippen molar-refractivity contribution in [1.82, 2.24) is 0 Å². The van der Waals surface area contributed by atoms with Gasteiger partial charge in [-0.05, 0) is 117 Å². The summed E-state index contributed by atoms with van der Waals surface area (Å²) in [5.74, 6) is 0. The molecule has 3 heteroatoms. The van der Waals surface area contributed by atoms with Crippen molar-refractivity contribution in [3.05, 3.63) is 200 Å². The van der Waals surface area contributed by atoms with Gasteiger partial charge in [0.2, 0.25) is 0 Å². The van der Waals surface area contributed by atoms with Gasteiger partial charge >= 0.3 is 0 Å². The molecule has 0 aliphatic carbocycles. The summed E-state index contributed by atoms with van der Waals surface area (Å²) in [6.07, 6.45) is 0. The molecule has 2 aromatic heterocycles. The molecular weight excluding hydrogens is 671 g/mol. The Labute approximate surface area is 317 Å². The third kappa shape index (κ3) is 5.36.